The van der Waals surface area contributed by atoms with Crippen LogP contribution in [0.1, 0.15) is 10.6 Å². The van der Waals surface area contributed by atoms with Gasteiger partial charge in [-0.1, -0.05) is 35.5 Å². The van der Waals surface area contributed by atoms with Crippen molar-refractivity contribution in [2.45, 2.75) is 0 Å². The molecule has 0 N–H and O–H groups in total. The van der Waals surface area contributed by atoms with Crippen LogP contribution in [0.2, 0.25) is 0 Å². The average Bonchev–Trinajstić information content (AvgIpc) is 3.24. The SMILES string of the molecule is [Ir].[c-]1cccc2c1N1[CH-]SC(c3nccs3)=C1c1ccccc1-2. The minimum absolute atomic E-state index is 0. The summed E-state index contributed by atoms with van der Waals surface area (Å²) in [5.74, 6) is 2.16. The molecule has 0 bridgehead atoms. The number of para-hydroxylation sites is 1. The van der Waals surface area contributed by atoms with Gasteiger partial charge in [-0.05, 0) is 5.56 Å². The fourth-order valence-corrected chi connectivity index (χ4v) is 4.76. The van der Waals surface area contributed by atoms with Crippen LogP contribution in [0.4, 0.5) is 5.69 Å². The van der Waals surface area contributed by atoms with Crippen LogP contribution in [0.5, 0.6) is 0 Å². The van der Waals surface area contributed by atoms with Crippen LogP contribution in [0.15, 0.2) is 54.0 Å². The van der Waals surface area contributed by atoms with Gasteiger partial charge >= 0.3 is 0 Å². The Morgan fingerprint density at radius 1 is 1.04 bits per heavy atom. The molecule has 0 atom stereocenters. The molecule has 0 saturated heterocycles. The van der Waals surface area contributed by atoms with E-state index in [1.54, 1.807) is 23.1 Å². The molecule has 115 valence electrons. The molecule has 2 aliphatic rings. The van der Waals surface area contributed by atoms with Gasteiger partial charge in [-0.2, -0.15) is 30.1 Å². The summed E-state index contributed by atoms with van der Waals surface area (Å²) in [6.45, 7) is 0. The molecule has 2 aliphatic heterocycles. The number of anilines is 1. The maximum Gasteiger partial charge on any atom is 0.129 e. The van der Waals surface area contributed by atoms with Crippen molar-refractivity contribution in [2.75, 3.05) is 4.90 Å². The van der Waals surface area contributed by atoms with E-state index in [0.29, 0.717) is 0 Å². The third-order valence-electron chi connectivity index (χ3n) is 3.91. The Hall–Kier alpha value is -1.39. The summed E-state index contributed by atoms with van der Waals surface area (Å²) in [4.78, 5) is 7.98. The summed E-state index contributed by atoms with van der Waals surface area (Å²) < 4.78 is 0. The number of fused-ring (bicyclic) bond motifs is 6. The Morgan fingerprint density at radius 2 is 1.87 bits per heavy atom. The van der Waals surface area contributed by atoms with Gasteiger partial charge in [-0.25, -0.2) is 4.98 Å². The van der Waals surface area contributed by atoms with Crippen molar-refractivity contribution in [1.29, 1.82) is 0 Å². The second kappa shape index (κ2) is 5.91. The summed E-state index contributed by atoms with van der Waals surface area (Å²) in [6, 6.07) is 18.2. The average molecular weight is 511 g/mol. The van der Waals surface area contributed by atoms with Crippen molar-refractivity contribution in [3.63, 3.8) is 0 Å². The van der Waals surface area contributed by atoms with Gasteiger partial charge < -0.3 is 4.90 Å². The molecular formula is C18H10IrN2S2-2. The van der Waals surface area contributed by atoms with Crippen LogP contribution in [0.25, 0.3) is 21.7 Å². The van der Waals surface area contributed by atoms with Gasteiger partial charge in [0.2, 0.25) is 0 Å². The molecule has 3 heterocycles. The zero-order valence-corrected chi connectivity index (χ0v) is 15.8. The molecule has 0 fully saturated rings. The third kappa shape index (κ3) is 2.23. The summed E-state index contributed by atoms with van der Waals surface area (Å²) in [7, 11) is 0. The van der Waals surface area contributed by atoms with Gasteiger partial charge in [0.1, 0.15) is 5.01 Å². The van der Waals surface area contributed by atoms with E-state index in [0.717, 1.165) is 10.7 Å². The van der Waals surface area contributed by atoms with Gasteiger partial charge in [-0.15, -0.1) is 16.9 Å². The molecule has 3 aromatic rings. The first-order chi connectivity index (χ1) is 10.9. The number of nitrogens with zero attached hydrogens (tertiary/aromatic N) is 2. The molecule has 23 heavy (non-hydrogen) atoms. The van der Waals surface area contributed by atoms with E-state index in [9.17, 15) is 0 Å². The van der Waals surface area contributed by atoms with Gasteiger partial charge in [0.15, 0.2) is 0 Å². The molecule has 0 aliphatic carbocycles. The first-order valence-electron chi connectivity index (χ1n) is 6.97. The quantitative estimate of drug-likeness (QED) is 0.423. The van der Waals surface area contributed by atoms with Crippen molar-refractivity contribution in [3.8, 4) is 11.1 Å². The van der Waals surface area contributed by atoms with Crippen LogP contribution in [0, 0.1) is 11.9 Å². The largest absolute Gasteiger partial charge is 0.502 e. The summed E-state index contributed by atoms with van der Waals surface area (Å²) in [5, 5.41) is 3.11. The first kappa shape index (κ1) is 15.2. The van der Waals surface area contributed by atoms with Crippen LogP contribution >= 0.6 is 23.1 Å². The van der Waals surface area contributed by atoms with Crippen LogP contribution in [-0.2, 0) is 20.1 Å². The Bertz CT molecular complexity index is 903. The maximum absolute atomic E-state index is 4.50. The van der Waals surface area contributed by atoms with Crippen molar-refractivity contribution >= 4 is 39.4 Å². The van der Waals surface area contributed by atoms with Gasteiger partial charge in [-0.3, -0.25) is 11.8 Å². The second-order valence-electron chi connectivity index (χ2n) is 5.09. The van der Waals surface area contributed by atoms with E-state index in [4.69, 9.17) is 0 Å². The van der Waals surface area contributed by atoms with Crippen LogP contribution in [-0.4, -0.2) is 4.98 Å². The smallest absolute Gasteiger partial charge is 0.129 e. The Balaban J connectivity index is 0.00000135. The Morgan fingerprint density at radius 3 is 2.70 bits per heavy atom. The first-order valence-corrected chi connectivity index (χ1v) is 8.73. The number of rotatable bonds is 1. The van der Waals surface area contributed by atoms with E-state index in [-0.39, 0.29) is 20.1 Å². The van der Waals surface area contributed by atoms with Crippen LogP contribution in [0.3, 0.4) is 0 Å². The normalized spacial score (nSPS) is 14.9. The van der Waals surface area contributed by atoms with Crippen molar-refractivity contribution in [2.24, 2.45) is 0 Å². The topological polar surface area (TPSA) is 16.1 Å². The van der Waals surface area contributed by atoms with Gasteiger partial charge in [0, 0.05) is 42.3 Å². The van der Waals surface area contributed by atoms with Crippen LogP contribution < -0.4 is 4.90 Å². The van der Waals surface area contributed by atoms with Crippen molar-refractivity contribution in [1.82, 2.24) is 4.98 Å². The Labute approximate surface area is 156 Å². The Kier molecular flexibility index (Phi) is 3.90. The summed E-state index contributed by atoms with van der Waals surface area (Å²) in [6.07, 6.45) is 1.87. The zero-order chi connectivity index (χ0) is 14.5. The molecule has 5 rings (SSSR count). The zero-order valence-electron chi connectivity index (χ0n) is 11.8. The number of thioether (sulfide) groups is 1. The van der Waals surface area contributed by atoms with E-state index >= 15 is 0 Å². The van der Waals surface area contributed by atoms with E-state index in [1.165, 1.54) is 27.3 Å². The molecule has 0 spiro atoms. The molecule has 0 unspecified atom stereocenters. The number of benzene rings is 2. The minimum atomic E-state index is 0. The molecule has 0 saturated carbocycles. The number of aromatic nitrogens is 1. The molecule has 1 radical (unpaired) electrons. The molecule has 1 aromatic heterocycles. The molecule has 2 aromatic carbocycles. The van der Waals surface area contributed by atoms with E-state index in [2.05, 4.69) is 58.2 Å². The standard InChI is InChI=1S/C18H10N2S2.Ir/c1-2-7-14-12(5-1)13-6-3-4-8-15(13)20-11-22-17(16(14)20)18-19-9-10-21-18;/h1-7,9-11H;/q-2;. The molecule has 0 amide bonds. The van der Waals surface area contributed by atoms with E-state index < -0.39 is 0 Å². The summed E-state index contributed by atoms with van der Waals surface area (Å²) >= 11 is 3.43. The molecule has 2 nitrogen and oxygen atoms in total. The number of thiazole rings is 1. The fourth-order valence-electron chi connectivity index (χ4n) is 3.00. The van der Waals surface area contributed by atoms with Gasteiger partial charge in [0.25, 0.3) is 0 Å². The second-order valence-corrected chi connectivity index (χ2v) is 6.84. The summed E-state index contributed by atoms with van der Waals surface area (Å²) in [5.41, 5.74) is 6.12. The van der Waals surface area contributed by atoms with Crippen molar-refractivity contribution < 1.29 is 20.1 Å². The minimum Gasteiger partial charge on any atom is -0.502 e. The maximum atomic E-state index is 4.50. The third-order valence-corrected chi connectivity index (χ3v) is 5.76. The van der Waals surface area contributed by atoms with E-state index in [1.807, 2.05) is 17.6 Å². The molecule has 5 heteroatoms. The number of hydrogen-bond acceptors (Lipinski definition) is 4. The van der Waals surface area contributed by atoms with Crippen molar-refractivity contribution in [3.05, 3.63) is 76.6 Å². The number of hydrogen-bond donors (Lipinski definition) is 0. The fraction of sp³-hybridized carbons (Fsp3) is 0. The predicted molar refractivity (Wildman–Crippen MR) is 94.0 cm³/mol. The predicted octanol–water partition coefficient (Wildman–Crippen LogP) is 5.12. The van der Waals surface area contributed by atoms with Gasteiger partial charge in [0.05, 0.1) is 0 Å². The monoisotopic (exact) mass is 511 g/mol. The molecular weight excluding hydrogens is 501 g/mol.